The maximum absolute atomic E-state index is 11.6. The van der Waals surface area contributed by atoms with Gasteiger partial charge in [0.15, 0.2) is 0 Å². The summed E-state index contributed by atoms with van der Waals surface area (Å²) in [6.45, 7) is 12.6. The van der Waals surface area contributed by atoms with Crippen LogP contribution < -0.4 is 11.1 Å². The summed E-state index contributed by atoms with van der Waals surface area (Å²) in [6, 6.07) is 0.260. The van der Waals surface area contributed by atoms with Crippen LogP contribution in [0.1, 0.15) is 53.9 Å². The van der Waals surface area contributed by atoms with Crippen LogP contribution >= 0.6 is 0 Å². The van der Waals surface area contributed by atoms with Crippen LogP contribution in [-0.2, 0) is 4.79 Å². The van der Waals surface area contributed by atoms with Gasteiger partial charge in [-0.15, -0.1) is 0 Å². The summed E-state index contributed by atoms with van der Waals surface area (Å²) >= 11 is 0. The maximum Gasteiger partial charge on any atom is 0.237 e. The van der Waals surface area contributed by atoms with E-state index < -0.39 is 5.54 Å². The van der Waals surface area contributed by atoms with E-state index in [0.29, 0.717) is 0 Å². The Kier molecular flexibility index (Phi) is 8.26. The third-order valence-corrected chi connectivity index (χ3v) is 3.46. The molecule has 1 atom stereocenters. The highest BCUT2D eigenvalue weighted by atomic mass is 16.1. The van der Waals surface area contributed by atoms with Gasteiger partial charge in [-0.3, -0.25) is 4.79 Å². The number of amides is 1. The Balaban J connectivity index is 4.09. The fraction of sp³-hybridized carbons (Fsp3) is 0.933. The molecule has 0 bridgehead atoms. The van der Waals surface area contributed by atoms with Crippen LogP contribution in [0.25, 0.3) is 0 Å². The molecule has 0 heterocycles. The van der Waals surface area contributed by atoms with Crippen LogP contribution in [0, 0.1) is 5.92 Å². The largest absolute Gasteiger partial charge is 0.368 e. The molecule has 0 rings (SSSR count). The van der Waals surface area contributed by atoms with E-state index >= 15 is 0 Å². The van der Waals surface area contributed by atoms with Crippen LogP contribution in [0.15, 0.2) is 0 Å². The zero-order valence-corrected chi connectivity index (χ0v) is 13.6. The highest BCUT2D eigenvalue weighted by Gasteiger charge is 2.30. The molecule has 3 N–H and O–H groups in total. The Morgan fingerprint density at radius 2 is 1.84 bits per heavy atom. The van der Waals surface area contributed by atoms with Crippen molar-refractivity contribution in [1.82, 2.24) is 10.2 Å². The van der Waals surface area contributed by atoms with E-state index in [1.54, 1.807) is 0 Å². The van der Waals surface area contributed by atoms with Crippen molar-refractivity contribution in [3.8, 4) is 0 Å². The Morgan fingerprint density at radius 1 is 1.26 bits per heavy atom. The maximum atomic E-state index is 11.6. The molecule has 0 aromatic heterocycles. The average molecular weight is 271 g/mol. The van der Waals surface area contributed by atoms with E-state index in [1.165, 1.54) is 6.42 Å². The van der Waals surface area contributed by atoms with Gasteiger partial charge in [0.25, 0.3) is 0 Å². The second-order valence-electron chi connectivity index (χ2n) is 6.58. The summed E-state index contributed by atoms with van der Waals surface area (Å²) in [7, 11) is 2.14. The second kappa shape index (κ2) is 8.54. The lowest BCUT2D eigenvalue weighted by Crippen LogP contribution is -2.55. The van der Waals surface area contributed by atoms with E-state index in [9.17, 15) is 4.79 Å². The molecular weight excluding hydrogens is 238 g/mol. The highest BCUT2D eigenvalue weighted by molar-refractivity contribution is 5.84. The van der Waals surface area contributed by atoms with Gasteiger partial charge in [-0.05, 0) is 66.1 Å². The topological polar surface area (TPSA) is 58.4 Å². The van der Waals surface area contributed by atoms with Crippen molar-refractivity contribution in [2.75, 3.05) is 20.1 Å². The number of nitrogens with zero attached hydrogens (tertiary/aromatic N) is 1. The molecule has 0 saturated heterocycles. The van der Waals surface area contributed by atoms with Crippen molar-refractivity contribution < 1.29 is 4.79 Å². The third kappa shape index (κ3) is 8.22. The van der Waals surface area contributed by atoms with Crippen molar-refractivity contribution in [1.29, 1.82) is 0 Å². The molecule has 114 valence electrons. The van der Waals surface area contributed by atoms with Gasteiger partial charge in [0.2, 0.25) is 5.91 Å². The number of primary amides is 1. The Labute approximate surface area is 119 Å². The smallest absolute Gasteiger partial charge is 0.237 e. The van der Waals surface area contributed by atoms with Crippen LogP contribution in [0.2, 0.25) is 0 Å². The Hall–Kier alpha value is -0.610. The minimum Gasteiger partial charge on any atom is -0.368 e. The first kappa shape index (κ1) is 18.4. The minimum absolute atomic E-state index is 0.258. The normalized spacial score (nSPS) is 15.2. The average Bonchev–Trinajstić information content (AvgIpc) is 2.25. The summed E-state index contributed by atoms with van der Waals surface area (Å²) in [5, 5.41) is 3.29. The number of hydrogen-bond donors (Lipinski definition) is 2. The van der Waals surface area contributed by atoms with Gasteiger partial charge >= 0.3 is 0 Å². The van der Waals surface area contributed by atoms with Crippen LogP contribution in [0.5, 0.6) is 0 Å². The predicted molar refractivity (Wildman–Crippen MR) is 82.1 cm³/mol. The summed E-state index contributed by atoms with van der Waals surface area (Å²) < 4.78 is 0. The van der Waals surface area contributed by atoms with Gasteiger partial charge in [0, 0.05) is 6.04 Å². The predicted octanol–water partition coefficient (Wildman–Crippen LogP) is 1.99. The summed E-state index contributed by atoms with van der Waals surface area (Å²) in [4.78, 5) is 13.9. The van der Waals surface area contributed by atoms with Crippen molar-refractivity contribution in [3.63, 3.8) is 0 Å². The quantitative estimate of drug-likeness (QED) is 0.639. The van der Waals surface area contributed by atoms with E-state index in [1.807, 2.05) is 20.8 Å². The number of carbonyl (C=O) groups is 1. The summed E-state index contributed by atoms with van der Waals surface area (Å²) in [6.07, 6.45) is 2.98. The second-order valence-corrected chi connectivity index (χ2v) is 6.58. The van der Waals surface area contributed by atoms with Crippen LogP contribution in [-0.4, -0.2) is 42.5 Å². The molecule has 0 spiro atoms. The van der Waals surface area contributed by atoms with Gasteiger partial charge in [0.05, 0.1) is 5.54 Å². The number of nitrogens with one attached hydrogen (secondary N) is 1. The summed E-state index contributed by atoms with van der Waals surface area (Å²) in [5.41, 5.74) is 4.93. The molecular formula is C15H33N3O. The van der Waals surface area contributed by atoms with E-state index in [4.69, 9.17) is 5.73 Å². The molecule has 19 heavy (non-hydrogen) atoms. The van der Waals surface area contributed by atoms with E-state index in [2.05, 4.69) is 31.1 Å². The van der Waals surface area contributed by atoms with Crippen molar-refractivity contribution in [2.45, 2.75) is 65.5 Å². The zero-order valence-electron chi connectivity index (χ0n) is 13.6. The molecule has 0 aromatic carbocycles. The molecule has 0 fully saturated rings. The molecule has 0 saturated carbocycles. The zero-order chi connectivity index (χ0) is 15.1. The SMILES string of the molecule is CC(C)CCN(C)CCCC(C)(NC(C)C)C(N)=O. The van der Waals surface area contributed by atoms with Crippen molar-refractivity contribution >= 4 is 5.91 Å². The number of rotatable bonds is 10. The number of nitrogens with two attached hydrogens (primary N) is 1. The molecule has 1 unspecified atom stereocenters. The van der Waals surface area contributed by atoms with Gasteiger partial charge in [-0.2, -0.15) is 0 Å². The molecule has 0 aromatic rings. The van der Waals surface area contributed by atoms with E-state index in [0.717, 1.165) is 31.8 Å². The lowest BCUT2D eigenvalue weighted by Gasteiger charge is -2.30. The van der Waals surface area contributed by atoms with Gasteiger partial charge < -0.3 is 16.0 Å². The Morgan fingerprint density at radius 3 is 2.26 bits per heavy atom. The monoisotopic (exact) mass is 271 g/mol. The van der Waals surface area contributed by atoms with Gasteiger partial charge in [0.1, 0.15) is 0 Å². The molecule has 1 amide bonds. The fourth-order valence-electron chi connectivity index (χ4n) is 2.20. The van der Waals surface area contributed by atoms with Crippen molar-refractivity contribution in [2.24, 2.45) is 11.7 Å². The van der Waals surface area contributed by atoms with Gasteiger partial charge in [-0.1, -0.05) is 13.8 Å². The highest BCUT2D eigenvalue weighted by Crippen LogP contribution is 2.14. The van der Waals surface area contributed by atoms with Crippen LogP contribution in [0.3, 0.4) is 0 Å². The third-order valence-electron chi connectivity index (χ3n) is 3.46. The summed E-state index contributed by atoms with van der Waals surface area (Å²) in [5.74, 6) is 0.479. The molecule has 4 nitrogen and oxygen atoms in total. The lowest BCUT2D eigenvalue weighted by atomic mass is 9.93. The first-order valence-electron chi connectivity index (χ1n) is 7.43. The standard InChI is InChI=1S/C15H33N3O/c1-12(2)8-11-18(6)10-7-9-15(5,14(16)19)17-13(3)4/h12-13,17H,7-11H2,1-6H3,(H2,16,19). The van der Waals surface area contributed by atoms with E-state index in [-0.39, 0.29) is 11.9 Å². The number of hydrogen-bond acceptors (Lipinski definition) is 3. The molecule has 4 heteroatoms. The first-order valence-corrected chi connectivity index (χ1v) is 7.43. The minimum atomic E-state index is -0.590. The number of carbonyl (C=O) groups excluding carboxylic acids is 1. The molecule has 0 aliphatic carbocycles. The van der Waals surface area contributed by atoms with Gasteiger partial charge in [-0.25, -0.2) is 0 Å². The van der Waals surface area contributed by atoms with Crippen LogP contribution in [0.4, 0.5) is 0 Å². The molecule has 0 aliphatic heterocycles. The van der Waals surface area contributed by atoms with Crippen molar-refractivity contribution in [3.05, 3.63) is 0 Å². The Bertz CT molecular complexity index is 266. The lowest BCUT2D eigenvalue weighted by molar-refractivity contribution is -0.124. The first-order chi connectivity index (χ1) is 8.67. The fourth-order valence-corrected chi connectivity index (χ4v) is 2.20. The molecule has 0 aliphatic rings. The molecule has 0 radical (unpaired) electrons.